The third-order valence-electron chi connectivity index (χ3n) is 4.39. The standard InChI is InChI=1S/C18H21BrN2O4S/c1-24-16-11-15(12-17(13-16)25-2)20-7-9-21(10-8-20)26(22,23)18-5-3-14(19)4-6-18/h3-6,11-13H,7-10H2,1-2H3. The third kappa shape index (κ3) is 3.97. The van der Waals surface area contributed by atoms with Crippen molar-refractivity contribution in [3.63, 3.8) is 0 Å². The lowest BCUT2D eigenvalue weighted by Gasteiger charge is -2.35. The topological polar surface area (TPSA) is 59.1 Å². The van der Waals surface area contributed by atoms with Gasteiger partial charge < -0.3 is 14.4 Å². The van der Waals surface area contributed by atoms with Crippen LogP contribution in [0.5, 0.6) is 11.5 Å². The minimum Gasteiger partial charge on any atom is -0.497 e. The van der Waals surface area contributed by atoms with Crippen molar-refractivity contribution in [1.82, 2.24) is 4.31 Å². The zero-order valence-electron chi connectivity index (χ0n) is 14.7. The largest absolute Gasteiger partial charge is 0.497 e. The minimum absolute atomic E-state index is 0.317. The summed E-state index contributed by atoms with van der Waals surface area (Å²) >= 11 is 3.33. The van der Waals surface area contributed by atoms with E-state index >= 15 is 0 Å². The van der Waals surface area contributed by atoms with Gasteiger partial charge in [-0.05, 0) is 24.3 Å². The zero-order valence-corrected chi connectivity index (χ0v) is 17.1. The van der Waals surface area contributed by atoms with Gasteiger partial charge >= 0.3 is 0 Å². The van der Waals surface area contributed by atoms with Gasteiger partial charge in [0.05, 0.1) is 19.1 Å². The highest BCUT2D eigenvalue weighted by molar-refractivity contribution is 9.10. The summed E-state index contributed by atoms with van der Waals surface area (Å²) in [7, 11) is -0.249. The van der Waals surface area contributed by atoms with Crippen LogP contribution in [-0.4, -0.2) is 53.1 Å². The van der Waals surface area contributed by atoms with Crippen LogP contribution < -0.4 is 14.4 Å². The summed E-state index contributed by atoms with van der Waals surface area (Å²) in [6.45, 7) is 2.06. The molecule has 1 aliphatic heterocycles. The van der Waals surface area contributed by atoms with Crippen molar-refractivity contribution in [1.29, 1.82) is 0 Å². The Balaban J connectivity index is 1.74. The lowest BCUT2D eigenvalue weighted by molar-refractivity contribution is 0.381. The Morgan fingerprint density at radius 3 is 1.92 bits per heavy atom. The van der Waals surface area contributed by atoms with Crippen molar-refractivity contribution in [2.45, 2.75) is 4.90 Å². The number of hydrogen-bond donors (Lipinski definition) is 0. The van der Waals surface area contributed by atoms with Crippen molar-refractivity contribution in [3.05, 3.63) is 46.9 Å². The molecule has 0 bridgehead atoms. The number of piperazine rings is 1. The Bertz CT molecular complexity index is 841. The van der Waals surface area contributed by atoms with E-state index in [0.717, 1.165) is 10.2 Å². The molecule has 1 heterocycles. The highest BCUT2D eigenvalue weighted by atomic mass is 79.9. The normalized spacial score (nSPS) is 15.7. The Kier molecular flexibility index (Phi) is 5.74. The molecule has 1 saturated heterocycles. The predicted molar refractivity (Wildman–Crippen MR) is 105 cm³/mol. The van der Waals surface area contributed by atoms with Gasteiger partial charge in [0.25, 0.3) is 0 Å². The highest BCUT2D eigenvalue weighted by Crippen LogP contribution is 2.29. The molecule has 0 N–H and O–H groups in total. The van der Waals surface area contributed by atoms with Crippen LogP contribution in [0.3, 0.4) is 0 Å². The quantitative estimate of drug-likeness (QED) is 0.714. The smallest absolute Gasteiger partial charge is 0.243 e. The Morgan fingerprint density at radius 2 is 1.42 bits per heavy atom. The third-order valence-corrected chi connectivity index (χ3v) is 6.83. The maximum absolute atomic E-state index is 12.8. The van der Waals surface area contributed by atoms with Crippen molar-refractivity contribution in [2.24, 2.45) is 0 Å². The van der Waals surface area contributed by atoms with E-state index in [1.807, 2.05) is 18.2 Å². The first-order chi connectivity index (χ1) is 12.4. The molecular formula is C18H21BrN2O4S. The lowest BCUT2D eigenvalue weighted by Crippen LogP contribution is -2.48. The monoisotopic (exact) mass is 440 g/mol. The fourth-order valence-corrected chi connectivity index (χ4v) is 4.60. The molecule has 8 heteroatoms. The Labute approximate surface area is 162 Å². The van der Waals surface area contributed by atoms with Crippen LogP contribution in [0.2, 0.25) is 0 Å². The summed E-state index contributed by atoms with van der Waals surface area (Å²) in [6, 6.07) is 12.4. The molecule has 0 unspecified atom stereocenters. The minimum atomic E-state index is -3.47. The Morgan fingerprint density at radius 1 is 0.885 bits per heavy atom. The van der Waals surface area contributed by atoms with Crippen LogP contribution in [0, 0.1) is 0 Å². The molecule has 0 spiro atoms. The molecule has 3 rings (SSSR count). The van der Waals surface area contributed by atoms with E-state index < -0.39 is 10.0 Å². The molecule has 0 radical (unpaired) electrons. The van der Waals surface area contributed by atoms with E-state index in [9.17, 15) is 8.42 Å². The van der Waals surface area contributed by atoms with Crippen molar-refractivity contribution in [2.75, 3.05) is 45.3 Å². The summed E-state index contributed by atoms with van der Waals surface area (Å²) in [5.41, 5.74) is 0.960. The second-order valence-electron chi connectivity index (χ2n) is 5.92. The van der Waals surface area contributed by atoms with Gasteiger partial charge in [-0.3, -0.25) is 0 Å². The van der Waals surface area contributed by atoms with E-state index in [1.54, 1.807) is 38.5 Å². The predicted octanol–water partition coefficient (Wildman–Crippen LogP) is 2.98. The van der Waals surface area contributed by atoms with Gasteiger partial charge in [0.15, 0.2) is 0 Å². The summed E-state index contributed by atoms with van der Waals surface area (Å²) < 4.78 is 38.6. The van der Waals surface area contributed by atoms with Gasteiger partial charge in [-0.2, -0.15) is 4.31 Å². The lowest BCUT2D eigenvalue weighted by atomic mass is 10.2. The molecule has 0 amide bonds. The number of ether oxygens (including phenoxy) is 2. The molecule has 1 aliphatic rings. The summed E-state index contributed by atoms with van der Waals surface area (Å²) in [5, 5.41) is 0. The SMILES string of the molecule is COc1cc(OC)cc(N2CCN(S(=O)(=O)c3ccc(Br)cc3)CC2)c1. The van der Waals surface area contributed by atoms with E-state index in [4.69, 9.17) is 9.47 Å². The molecule has 0 saturated carbocycles. The van der Waals surface area contributed by atoms with E-state index in [1.165, 1.54) is 4.31 Å². The van der Waals surface area contributed by atoms with Crippen LogP contribution in [0.25, 0.3) is 0 Å². The fraction of sp³-hybridized carbons (Fsp3) is 0.333. The first-order valence-electron chi connectivity index (χ1n) is 8.18. The fourth-order valence-electron chi connectivity index (χ4n) is 2.92. The molecule has 6 nitrogen and oxygen atoms in total. The van der Waals surface area contributed by atoms with Crippen LogP contribution in [0.1, 0.15) is 0 Å². The molecule has 0 aromatic heterocycles. The summed E-state index contributed by atoms with van der Waals surface area (Å²) in [5.74, 6) is 1.42. The number of methoxy groups -OCH3 is 2. The number of sulfonamides is 1. The molecule has 2 aromatic rings. The molecule has 2 aromatic carbocycles. The average Bonchev–Trinajstić information content (AvgIpc) is 2.68. The van der Waals surface area contributed by atoms with Crippen LogP contribution in [0.15, 0.2) is 51.8 Å². The maximum Gasteiger partial charge on any atom is 0.243 e. The number of hydrogen-bond acceptors (Lipinski definition) is 5. The second-order valence-corrected chi connectivity index (χ2v) is 8.77. The van der Waals surface area contributed by atoms with Crippen molar-refractivity contribution in [3.8, 4) is 11.5 Å². The van der Waals surface area contributed by atoms with E-state index in [-0.39, 0.29) is 0 Å². The van der Waals surface area contributed by atoms with Gasteiger partial charge in [0.2, 0.25) is 10.0 Å². The van der Waals surface area contributed by atoms with Crippen molar-refractivity contribution < 1.29 is 17.9 Å². The van der Waals surface area contributed by atoms with Crippen LogP contribution in [-0.2, 0) is 10.0 Å². The molecule has 140 valence electrons. The van der Waals surface area contributed by atoms with Gasteiger partial charge in [-0.25, -0.2) is 8.42 Å². The highest BCUT2D eigenvalue weighted by Gasteiger charge is 2.28. The number of halogens is 1. The van der Waals surface area contributed by atoms with Crippen LogP contribution in [0.4, 0.5) is 5.69 Å². The number of anilines is 1. The summed E-state index contributed by atoms with van der Waals surface area (Å²) in [4.78, 5) is 2.45. The van der Waals surface area contributed by atoms with Crippen LogP contribution >= 0.6 is 15.9 Å². The van der Waals surface area contributed by atoms with E-state index in [2.05, 4.69) is 20.8 Å². The molecule has 1 fully saturated rings. The first-order valence-corrected chi connectivity index (χ1v) is 10.4. The summed E-state index contributed by atoms with van der Waals surface area (Å²) in [6.07, 6.45) is 0. The Hall–Kier alpha value is -1.77. The molecule has 0 aliphatic carbocycles. The number of benzene rings is 2. The first kappa shape index (κ1) is 19.0. The maximum atomic E-state index is 12.8. The van der Waals surface area contributed by atoms with Gasteiger partial charge in [0, 0.05) is 54.5 Å². The molecule has 0 atom stereocenters. The van der Waals surface area contributed by atoms with E-state index in [0.29, 0.717) is 42.6 Å². The number of rotatable bonds is 5. The average molecular weight is 441 g/mol. The number of nitrogens with zero attached hydrogens (tertiary/aromatic N) is 2. The van der Waals surface area contributed by atoms with Crippen molar-refractivity contribution >= 4 is 31.6 Å². The zero-order chi connectivity index (χ0) is 18.7. The molecule has 26 heavy (non-hydrogen) atoms. The van der Waals surface area contributed by atoms with Gasteiger partial charge in [-0.1, -0.05) is 15.9 Å². The van der Waals surface area contributed by atoms with Gasteiger partial charge in [-0.15, -0.1) is 0 Å². The second kappa shape index (κ2) is 7.85. The van der Waals surface area contributed by atoms with Gasteiger partial charge in [0.1, 0.15) is 11.5 Å². The molecular weight excluding hydrogens is 420 g/mol.